The van der Waals surface area contributed by atoms with Gasteiger partial charge in [-0.25, -0.2) is 9.18 Å². The zero-order chi connectivity index (χ0) is 29.0. The number of halogens is 7. The molecule has 0 spiro atoms. The molecule has 0 saturated carbocycles. The highest BCUT2D eigenvalue weighted by atomic mass is 19.4. The monoisotopic (exact) mass is 555 g/mol. The number of alkyl halides is 6. The number of fused-ring (bicyclic) bond motifs is 1. The number of H-pyrrole nitrogens is 1. The maximum Gasteiger partial charge on any atom is 0.490 e. The zero-order valence-corrected chi connectivity index (χ0v) is 19.3. The van der Waals surface area contributed by atoms with Crippen LogP contribution < -0.4 is 10.7 Å². The number of carboxylic acid groups (broad SMARTS) is 1. The molecular weight excluding hydrogens is 539 g/mol. The van der Waals surface area contributed by atoms with Crippen LogP contribution in [0, 0.1) is 5.82 Å². The van der Waals surface area contributed by atoms with Crippen molar-refractivity contribution in [3.63, 3.8) is 0 Å². The highest BCUT2D eigenvalue weighted by molar-refractivity contribution is 5.98. The number of hydrogen-bond acceptors (Lipinski definition) is 4. The Labute approximate surface area is 213 Å². The first-order valence-corrected chi connectivity index (χ1v) is 10.7. The van der Waals surface area contributed by atoms with Crippen molar-refractivity contribution < 1.29 is 45.4 Å². The predicted octanol–water partition coefficient (Wildman–Crippen LogP) is 5.23. The van der Waals surface area contributed by atoms with E-state index in [1.807, 2.05) is 0 Å². The van der Waals surface area contributed by atoms with E-state index in [0.717, 1.165) is 18.2 Å². The molecule has 7 nitrogen and oxygen atoms in total. The third-order valence-corrected chi connectivity index (χ3v) is 5.17. The number of nitrogens with one attached hydrogen (secondary N) is 2. The Morgan fingerprint density at radius 1 is 0.949 bits per heavy atom. The average molecular weight is 555 g/mol. The van der Waals surface area contributed by atoms with E-state index in [2.05, 4.69) is 15.3 Å². The molecule has 0 fully saturated rings. The van der Waals surface area contributed by atoms with Gasteiger partial charge >= 0.3 is 18.3 Å². The number of aliphatic carboxylic acids is 1. The van der Waals surface area contributed by atoms with Crippen molar-refractivity contribution in [2.75, 3.05) is 0 Å². The van der Waals surface area contributed by atoms with Crippen LogP contribution in [0.2, 0.25) is 0 Å². The smallest absolute Gasteiger partial charge is 0.475 e. The minimum atomic E-state index is -5.08. The molecule has 3 N–H and O–H groups in total. The minimum absolute atomic E-state index is 0.144. The fourth-order valence-corrected chi connectivity index (χ4v) is 3.32. The molecule has 204 valence electrons. The summed E-state index contributed by atoms with van der Waals surface area (Å²) in [5, 5.41) is 10.1. The molecule has 0 radical (unpaired) electrons. The van der Waals surface area contributed by atoms with Crippen molar-refractivity contribution >= 4 is 22.8 Å². The molecule has 0 unspecified atom stereocenters. The first-order chi connectivity index (χ1) is 18.2. The van der Waals surface area contributed by atoms with Gasteiger partial charge in [-0.15, -0.1) is 0 Å². The molecule has 0 aliphatic heterocycles. The van der Waals surface area contributed by atoms with Gasteiger partial charge in [0.2, 0.25) is 0 Å². The number of rotatable bonds is 4. The Bertz CT molecular complexity index is 1550. The molecule has 1 amide bonds. The summed E-state index contributed by atoms with van der Waals surface area (Å²) in [6, 6.07) is 11.2. The van der Waals surface area contributed by atoms with Crippen molar-refractivity contribution in [3.05, 3.63) is 111 Å². The number of aromatic amines is 1. The van der Waals surface area contributed by atoms with Gasteiger partial charge in [0.05, 0.1) is 17.1 Å². The normalized spacial score (nSPS) is 12.3. The van der Waals surface area contributed by atoms with E-state index in [1.165, 1.54) is 54.9 Å². The van der Waals surface area contributed by atoms with Crippen molar-refractivity contribution in [2.24, 2.45) is 0 Å². The lowest BCUT2D eigenvalue weighted by Gasteiger charge is -2.20. The van der Waals surface area contributed by atoms with Gasteiger partial charge in [0.1, 0.15) is 11.5 Å². The van der Waals surface area contributed by atoms with Gasteiger partial charge in [-0.05, 0) is 48.0 Å². The SMILES string of the molecule is O=C(N[C@@H](c1ccc(C(F)(F)F)cc1)c1ncccc1F)c1ccc2c(=O)cc[nH]c2c1.O=C(O)C(F)(F)F. The molecule has 2 aromatic heterocycles. The number of amides is 1. The van der Waals surface area contributed by atoms with Crippen molar-refractivity contribution in [2.45, 2.75) is 18.4 Å². The summed E-state index contributed by atoms with van der Waals surface area (Å²) in [5.41, 5.74) is -0.406. The molecule has 2 aromatic carbocycles. The van der Waals surface area contributed by atoms with Crippen LogP contribution in [0.1, 0.15) is 33.2 Å². The maximum atomic E-state index is 14.5. The van der Waals surface area contributed by atoms with Gasteiger partial charge in [0, 0.05) is 29.4 Å². The Kier molecular flexibility index (Phi) is 8.37. The Morgan fingerprint density at radius 2 is 1.59 bits per heavy atom. The van der Waals surface area contributed by atoms with Gasteiger partial charge in [-0.2, -0.15) is 26.3 Å². The van der Waals surface area contributed by atoms with Gasteiger partial charge in [0.15, 0.2) is 5.43 Å². The molecule has 1 atom stereocenters. The van der Waals surface area contributed by atoms with Crippen molar-refractivity contribution in [1.82, 2.24) is 15.3 Å². The summed E-state index contributed by atoms with van der Waals surface area (Å²) in [6.07, 6.45) is -6.85. The van der Waals surface area contributed by atoms with Gasteiger partial charge < -0.3 is 15.4 Å². The van der Waals surface area contributed by atoms with Crippen LogP contribution in [0.4, 0.5) is 30.7 Å². The fourth-order valence-electron chi connectivity index (χ4n) is 3.32. The van der Waals surface area contributed by atoms with Crippen molar-refractivity contribution in [1.29, 1.82) is 0 Å². The third-order valence-electron chi connectivity index (χ3n) is 5.17. The molecule has 2 heterocycles. The highest BCUT2D eigenvalue weighted by Gasteiger charge is 2.38. The van der Waals surface area contributed by atoms with E-state index < -0.39 is 41.7 Å². The van der Waals surface area contributed by atoms with E-state index in [4.69, 9.17) is 9.90 Å². The maximum absolute atomic E-state index is 14.5. The van der Waals surface area contributed by atoms with Gasteiger partial charge in [-0.1, -0.05) is 12.1 Å². The average Bonchev–Trinajstić information content (AvgIpc) is 2.87. The summed E-state index contributed by atoms with van der Waals surface area (Å²) in [6.45, 7) is 0. The van der Waals surface area contributed by atoms with Crippen molar-refractivity contribution in [3.8, 4) is 0 Å². The lowest BCUT2D eigenvalue weighted by atomic mass is 10.00. The van der Waals surface area contributed by atoms with E-state index in [1.54, 1.807) is 0 Å². The number of aromatic nitrogens is 2. The lowest BCUT2D eigenvalue weighted by Crippen LogP contribution is -2.30. The van der Waals surface area contributed by atoms with E-state index in [-0.39, 0.29) is 22.2 Å². The van der Waals surface area contributed by atoms with Crippen LogP contribution in [0.15, 0.2) is 77.9 Å². The fraction of sp³-hybridized carbons (Fsp3) is 0.120. The predicted molar refractivity (Wildman–Crippen MR) is 123 cm³/mol. The first kappa shape index (κ1) is 28.8. The molecule has 0 saturated heterocycles. The molecule has 4 aromatic rings. The second-order valence-electron chi connectivity index (χ2n) is 7.80. The molecule has 0 aliphatic carbocycles. The molecule has 0 aliphatic rings. The first-order valence-electron chi connectivity index (χ1n) is 10.7. The van der Waals surface area contributed by atoms with Crippen LogP contribution in [-0.4, -0.2) is 33.1 Å². The number of carbonyl (C=O) groups is 2. The van der Waals surface area contributed by atoms with Crippen LogP contribution in [0.3, 0.4) is 0 Å². The lowest BCUT2D eigenvalue weighted by molar-refractivity contribution is -0.192. The summed E-state index contributed by atoms with van der Waals surface area (Å²) in [7, 11) is 0. The molecule has 39 heavy (non-hydrogen) atoms. The van der Waals surface area contributed by atoms with Crippen LogP contribution >= 0.6 is 0 Å². The largest absolute Gasteiger partial charge is 0.490 e. The number of carboxylic acids is 1. The van der Waals surface area contributed by atoms with Crippen LogP contribution in [0.25, 0.3) is 10.9 Å². The van der Waals surface area contributed by atoms with Gasteiger partial charge in [0.25, 0.3) is 5.91 Å². The second-order valence-corrected chi connectivity index (χ2v) is 7.80. The standard InChI is InChI=1S/C23H15F4N3O2.C2HF3O2/c24-17-2-1-10-29-21(17)20(13-3-6-15(7-4-13)23(25,26)27)30-22(32)14-5-8-16-18(12-14)28-11-9-19(16)31;3-2(4,5)1(6)7/h1-12,20H,(H,28,31)(H,30,32);(H,6,7)/t20-;/m0./s1. The Balaban J connectivity index is 0.000000532. The van der Waals surface area contributed by atoms with E-state index in [9.17, 15) is 40.3 Å². The molecular formula is C25H16F7N3O4. The second kappa shape index (κ2) is 11.3. The van der Waals surface area contributed by atoms with E-state index in [0.29, 0.717) is 10.9 Å². The zero-order valence-electron chi connectivity index (χ0n) is 19.3. The summed E-state index contributed by atoms with van der Waals surface area (Å²) < 4.78 is 85.0. The summed E-state index contributed by atoms with van der Waals surface area (Å²) in [5.74, 6) is -4.10. The molecule has 4 rings (SSSR count). The molecule has 0 bridgehead atoms. The Hall–Kier alpha value is -4.75. The highest BCUT2D eigenvalue weighted by Crippen LogP contribution is 2.31. The summed E-state index contributed by atoms with van der Waals surface area (Å²) in [4.78, 5) is 40.6. The van der Waals surface area contributed by atoms with Gasteiger partial charge in [-0.3, -0.25) is 14.6 Å². The summed E-state index contributed by atoms with van der Waals surface area (Å²) >= 11 is 0. The van der Waals surface area contributed by atoms with Crippen LogP contribution in [-0.2, 0) is 11.0 Å². The quantitative estimate of drug-likeness (QED) is 0.299. The third kappa shape index (κ3) is 7.18. The van der Waals surface area contributed by atoms with E-state index >= 15 is 0 Å². The van der Waals surface area contributed by atoms with Crippen LogP contribution in [0.5, 0.6) is 0 Å². The number of pyridine rings is 2. The molecule has 14 heteroatoms. The minimum Gasteiger partial charge on any atom is -0.475 e. The number of hydrogen-bond donors (Lipinski definition) is 3. The number of benzene rings is 2. The topological polar surface area (TPSA) is 112 Å². The Morgan fingerprint density at radius 3 is 2.15 bits per heavy atom. The number of carbonyl (C=O) groups excluding carboxylic acids is 1. The number of nitrogens with zero attached hydrogens (tertiary/aromatic N) is 1.